The molecule has 1 nitrogen and oxygen atoms in total. The Hall–Kier alpha value is -0.560. The molecule has 2 unspecified atom stereocenters. The topological polar surface area (TPSA) is 20.2 Å². The maximum absolute atomic E-state index is 9.03. The van der Waals surface area contributed by atoms with E-state index in [0.29, 0.717) is 24.4 Å². The van der Waals surface area contributed by atoms with Crippen molar-refractivity contribution in [1.82, 2.24) is 0 Å². The SMILES string of the molecule is C=CC(C1=CCC(CO)CC1)C(C)C. The number of rotatable bonds is 4. The first kappa shape index (κ1) is 11.5. The quantitative estimate of drug-likeness (QED) is 0.682. The summed E-state index contributed by atoms with van der Waals surface area (Å²) in [7, 11) is 0. The van der Waals surface area contributed by atoms with Crippen molar-refractivity contribution in [2.24, 2.45) is 17.8 Å². The van der Waals surface area contributed by atoms with E-state index in [0.717, 1.165) is 19.3 Å². The van der Waals surface area contributed by atoms with Crippen molar-refractivity contribution in [3.8, 4) is 0 Å². The third-order valence-electron chi connectivity index (χ3n) is 3.21. The van der Waals surface area contributed by atoms with Crippen LogP contribution in [0.25, 0.3) is 0 Å². The predicted molar refractivity (Wildman–Crippen MR) is 61.0 cm³/mol. The van der Waals surface area contributed by atoms with Crippen LogP contribution in [-0.4, -0.2) is 11.7 Å². The Bertz CT molecular complexity index is 215. The van der Waals surface area contributed by atoms with Crippen LogP contribution in [0.2, 0.25) is 0 Å². The highest BCUT2D eigenvalue weighted by Gasteiger charge is 2.20. The van der Waals surface area contributed by atoms with Crippen LogP contribution in [0.15, 0.2) is 24.3 Å². The minimum Gasteiger partial charge on any atom is -0.396 e. The number of aliphatic hydroxyl groups excluding tert-OH is 1. The molecule has 1 aliphatic rings. The van der Waals surface area contributed by atoms with Crippen molar-refractivity contribution >= 4 is 0 Å². The average molecular weight is 194 g/mol. The Morgan fingerprint density at radius 1 is 1.64 bits per heavy atom. The summed E-state index contributed by atoms with van der Waals surface area (Å²) >= 11 is 0. The molecule has 14 heavy (non-hydrogen) atoms. The molecule has 0 bridgehead atoms. The first-order valence-electron chi connectivity index (χ1n) is 5.61. The van der Waals surface area contributed by atoms with E-state index in [2.05, 4.69) is 32.6 Å². The molecule has 2 atom stereocenters. The van der Waals surface area contributed by atoms with Gasteiger partial charge < -0.3 is 5.11 Å². The van der Waals surface area contributed by atoms with E-state index in [1.165, 1.54) is 5.57 Å². The van der Waals surface area contributed by atoms with Crippen molar-refractivity contribution in [3.63, 3.8) is 0 Å². The van der Waals surface area contributed by atoms with Crippen LogP contribution in [0.4, 0.5) is 0 Å². The van der Waals surface area contributed by atoms with Crippen LogP contribution in [0.1, 0.15) is 33.1 Å². The molecule has 0 heterocycles. The summed E-state index contributed by atoms with van der Waals surface area (Å²) in [4.78, 5) is 0. The second-order valence-corrected chi connectivity index (χ2v) is 4.61. The van der Waals surface area contributed by atoms with Gasteiger partial charge in [-0.3, -0.25) is 0 Å². The van der Waals surface area contributed by atoms with Crippen molar-refractivity contribution in [3.05, 3.63) is 24.3 Å². The van der Waals surface area contributed by atoms with Gasteiger partial charge in [0.25, 0.3) is 0 Å². The molecular formula is C13H22O. The molecule has 80 valence electrons. The van der Waals surface area contributed by atoms with Crippen LogP contribution in [0.5, 0.6) is 0 Å². The highest BCUT2D eigenvalue weighted by Crippen LogP contribution is 2.32. The first-order valence-corrected chi connectivity index (χ1v) is 5.61. The summed E-state index contributed by atoms with van der Waals surface area (Å²) in [5, 5.41) is 9.03. The van der Waals surface area contributed by atoms with Gasteiger partial charge in [-0.15, -0.1) is 6.58 Å². The smallest absolute Gasteiger partial charge is 0.0462 e. The molecule has 0 aromatic rings. The summed E-state index contributed by atoms with van der Waals surface area (Å²) in [6.45, 7) is 8.73. The molecule has 0 amide bonds. The Morgan fingerprint density at radius 3 is 2.71 bits per heavy atom. The van der Waals surface area contributed by atoms with Gasteiger partial charge in [0, 0.05) is 6.61 Å². The molecule has 1 rings (SSSR count). The van der Waals surface area contributed by atoms with E-state index in [9.17, 15) is 0 Å². The van der Waals surface area contributed by atoms with Gasteiger partial charge in [-0.25, -0.2) is 0 Å². The Balaban J connectivity index is 2.61. The van der Waals surface area contributed by atoms with Crippen LogP contribution in [-0.2, 0) is 0 Å². The van der Waals surface area contributed by atoms with Gasteiger partial charge in [-0.1, -0.05) is 31.6 Å². The second-order valence-electron chi connectivity index (χ2n) is 4.61. The van der Waals surface area contributed by atoms with Gasteiger partial charge in [0.05, 0.1) is 0 Å². The Labute approximate surface area is 87.5 Å². The summed E-state index contributed by atoms with van der Waals surface area (Å²) in [6.07, 6.45) is 7.70. The van der Waals surface area contributed by atoms with E-state index in [4.69, 9.17) is 5.11 Å². The third kappa shape index (κ3) is 2.71. The van der Waals surface area contributed by atoms with Crippen molar-refractivity contribution in [2.75, 3.05) is 6.61 Å². The zero-order valence-electron chi connectivity index (χ0n) is 9.37. The fourth-order valence-electron chi connectivity index (χ4n) is 2.23. The first-order chi connectivity index (χ1) is 6.69. The number of allylic oxidation sites excluding steroid dienone is 3. The van der Waals surface area contributed by atoms with Gasteiger partial charge in [0.1, 0.15) is 0 Å². The Morgan fingerprint density at radius 2 is 2.36 bits per heavy atom. The molecule has 0 aromatic heterocycles. The summed E-state index contributed by atoms with van der Waals surface area (Å²) in [5.74, 6) is 1.68. The number of aliphatic hydroxyl groups is 1. The largest absolute Gasteiger partial charge is 0.396 e. The van der Waals surface area contributed by atoms with Crippen LogP contribution < -0.4 is 0 Å². The van der Waals surface area contributed by atoms with Gasteiger partial charge >= 0.3 is 0 Å². The van der Waals surface area contributed by atoms with Gasteiger partial charge in [0.2, 0.25) is 0 Å². The average Bonchev–Trinajstić information content (AvgIpc) is 2.19. The number of hydrogen-bond donors (Lipinski definition) is 1. The van der Waals surface area contributed by atoms with Gasteiger partial charge in [-0.2, -0.15) is 0 Å². The summed E-state index contributed by atoms with van der Waals surface area (Å²) in [6, 6.07) is 0. The molecule has 0 fully saturated rings. The lowest BCUT2D eigenvalue weighted by molar-refractivity contribution is 0.214. The second kappa shape index (κ2) is 5.35. The summed E-state index contributed by atoms with van der Waals surface area (Å²) in [5.41, 5.74) is 1.53. The van der Waals surface area contributed by atoms with E-state index in [-0.39, 0.29) is 0 Å². The molecule has 0 saturated heterocycles. The van der Waals surface area contributed by atoms with E-state index in [1.807, 2.05) is 0 Å². The van der Waals surface area contributed by atoms with Crippen LogP contribution in [0, 0.1) is 17.8 Å². The molecule has 1 N–H and O–H groups in total. The van der Waals surface area contributed by atoms with Crippen molar-refractivity contribution in [1.29, 1.82) is 0 Å². The van der Waals surface area contributed by atoms with Gasteiger partial charge in [0.15, 0.2) is 0 Å². The molecule has 0 spiro atoms. The lowest BCUT2D eigenvalue weighted by atomic mass is 9.80. The monoisotopic (exact) mass is 194 g/mol. The summed E-state index contributed by atoms with van der Waals surface area (Å²) < 4.78 is 0. The lowest BCUT2D eigenvalue weighted by Gasteiger charge is -2.26. The van der Waals surface area contributed by atoms with Crippen LogP contribution in [0.3, 0.4) is 0 Å². The molecule has 1 heteroatoms. The van der Waals surface area contributed by atoms with Crippen molar-refractivity contribution in [2.45, 2.75) is 33.1 Å². The predicted octanol–water partition coefficient (Wildman–Crippen LogP) is 3.16. The minimum atomic E-state index is 0.338. The molecule has 0 aromatic carbocycles. The normalized spacial score (nSPS) is 24.6. The fourth-order valence-corrected chi connectivity index (χ4v) is 2.23. The lowest BCUT2D eigenvalue weighted by Crippen LogP contribution is -2.16. The zero-order chi connectivity index (χ0) is 10.6. The maximum Gasteiger partial charge on any atom is 0.0462 e. The molecule has 0 radical (unpaired) electrons. The number of hydrogen-bond acceptors (Lipinski definition) is 1. The van der Waals surface area contributed by atoms with E-state index < -0.39 is 0 Å². The van der Waals surface area contributed by atoms with Crippen molar-refractivity contribution < 1.29 is 5.11 Å². The van der Waals surface area contributed by atoms with E-state index >= 15 is 0 Å². The zero-order valence-corrected chi connectivity index (χ0v) is 9.37. The molecule has 1 aliphatic carbocycles. The standard InChI is InChI=1S/C13H22O/c1-4-13(10(2)3)12-7-5-11(9-14)6-8-12/h4,7,10-11,13-14H,1,5-6,8-9H2,2-3H3. The minimum absolute atomic E-state index is 0.338. The highest BCUT2D eigenvalue weighted by molar-refractivity contribution is 5.15. The fraction of sp³-hybridized carbons (Fsp3) is 0.692. The Kier molecular flexibility index (Phi) is 4.40. The van der Waals surface area contributed by atoms with E-state index in [1.54, 1.807) is 0 Å². The highest BCUT2D eigenvalue weighted by atomic mass is 16.3. The molecular weight excluding hydrogens is 172 g/mol. The maximum atomic E-state index is 9.03. The third-order valence-corrected chi connectivity index (χ3v) is 3.21. The molecule has 0 saturated carbocycles. The van der Waals surface area contributed by atoms with Gasteiger partial charge in [-0.05, 0) is 37.0 Å². The van der Waals surface area contributed by atoms with Crippen LogP contribution >= 0.6 is 0 Å². The molecule has 0 aliphatic heterocycles.